The molecule has 2 aliphatic rings. The number of allylic oxidation sites excluding steroid dienone is 1. The normalized spacial score (nSPS) is 28.2. The van der Waals surface area contributed by atoms with Crippen LogP contribution in [0.4, 0.5) is 0 Å². The zero-order valence-corrected chi connectivity index (χ0v) is 12.7. The second-order valence-corrected chi connectivity index (χ2v) is 6.67. The maximum Gasteiger partial charge on any atom is 0.120 e. The predicted octanol–water partition coefficient (Wildman–Crippen LogP) is 4.51. The lowest BCUT2D eigenvalue weighted by Crippen LogP contribution is -2.31. The molecule has 0 amide bonds. The molecule has 2 aliphatic carbocycles. The van der Waals surface area contributed by atoms with Gasteiger partial charge in [-0.25, -0.2) is 0 Å². The first-order valence-corrected chi connectivity index (χ1v) is 8.34. The fourth-order valence-electron chi connectivity index (χ4n) is 4.39. The lowest BCUT2D eigenvalue weighted by molar-refractivity contribution is 0.110. The molecule has 2 aromatic rings. The molecule has 0 aliphatic heterocycles. The first kappa shape index (κ1) is 13.8. The molecular weight excluding hydrogens is 272 g/mol. The van der Waals surface area contributed by atoms with Crippen molar-refractivity contribution in [3.05, 3.63) is 53.6 Å². The van der Waals surface area contributed by atoms with Gasteiger partial charge in [-0.15, -0.1) is 0 Å². The van der Waals surface area contributed by atoms with Gasteiger partial charge >= 0.3 is 0 Å². The fourth-order valence-corrected chi connectivity index (χ4v) is 4.39. The van der Waals surface area contributed by atoms with E-state index in [9.17, 15) is 10.2 Å². The summed E-state index contributed by atoms with van der Waals surface area (Å²) in [5.41, 5.74) is 2.28. The summed E-state index contributed by atoms with van der Waals surface area (Å²) in [5.74, 6) is 0.848. The summed E-state index contributed by atoms with van der Waals surface area (Å²) in [7, 11) is 0. The van der Waals surface area contributed by atoms with Crippen LogP contribution in [-0.2, 0) is 0 Å². The number of hydrogen-bond acceptors (Lipinski definition) is 2. The monoisotopic (exact) mass is 294 g/mol. The third-order valence-electron chi connectivity index (χ3n) is 5.42. The van der Waals surface area contributed by atoms with E-state index in [1.165, 1.54) is 18.4 Å². The number of hydrogen-bond donors (Lipinski definition) is 2. The third-order valence-corrected chi connectivity index (χ3v) is 5.42. The van der Waals surface area contributed by atoms with Crippen LogP contribution in [0, 0.1) is 5.92 Å². The van der Waals surface area contributed by atoms with Crippen molar-refractivity contribution in [3.8, 4) is 5.75 Å². The molecule has 0 saturated heterocycles. The minimum atomic E-state index is -0.391. The number of aliphatic hydroxyl groups is 1. The van der Waals surface area contributed by atoms with Crippen LogP contribution < -0.4 is 0 Å². The Morgan fingerprint density at radius 1 is 0.955 bits per heavy atom. The molecule has 1 fully saturated rings. The van der Waals surface area contributed by atoms with E-state index in [4.69, 9.17) is 0 Å². The predicted molar refractivity (Wildman–Crippen MR) is 89.0 cm³/mol. The molecule has 114 valence electrons. The van der Waals surface area contributed by atoms with E-state index in [1.807, 2.05) is 18.2 Å². The average Bonchev–Trinajstić information content (AvgIpc) is 2.56. The molecule has 1 saturated carbocycles. The van der Waals surface area contributed by atoms with Crippen LogP contribution >= 0.6 is 0 Å². The Bertz CT molecular complexity index is 732. The quantitative estimate of drug-likeness (QED) is 0.760. The number of phenolic OH excluding ortho intramolecular Hbond substituents is 1. The van der Waals surface area contributed by atoms with Crippen LogP contribution in [0.2, 0.25) is 0 Å². The Morgan fingerprint density at radius 3 is 2.73 bits per heavy atom. The van der Waals surface area contributed by atoms with Crippen LogP contribution in [0.3, 0.4) is 0 Å². The average molecular weight is 294 g/mol. The standard InChI is InChI=1S/C20H22O2/c21-17-11-9-13-5-1-3-7-15(13)19(17)20-16-8-4-2-6-14(16)10-12-18(20)22/h1,3,5,7-9,11,14,18,20-22H,2,4,6,10,12H2. The number of benzene rings is 2. The van der Waals surface area contributed by atoms with Gasteiger partial charge in [-0.2, -0.15) is 0 Å². The minimum absolute atomic E-state index is 0.0508. The van der Waals surface area contributed by atoms with Gasteiger partial charge in [-0.3, -0.25) is 0 Å². The van der Waals surface area contributed by atoms with Gasteiger partial charge in [-0.05, 0) is 54.9 Å². The maximum absolute atomic E-state index is 10.7. The number of fused-ring (bicyclic) bond motifs is 2. The SMILES string of the molecule is Oc1ccc2ccccc2c1C1C2=CCCCC2CCC1O. The molecule has 0 heterocycles. The van der Waals surface area contributed by atoms with Crippen molar-refractivity contribution in [2.75, 3.05) is 0 Å². The molecule has 0 bridgehead atoms. The summed E-state index contributed by atoms with van der Waals surface area (Å²) in [4.78, 5) is 0. The van der Waals surface area contributed by atoms with Gasteiger partial charge in [0, 0.05) is 11.5 Å². The Balaban J connectivity index is 1.92. The van der Waals surface area contributed by atoms with Gasteiger partial charge in [0.05, 0.1) is 6.10 Å². The van der Waals surface area contributed by atoms with Gasteiger partial charge in [-0.1, -0.05) is 42.0 Å². The van der Waals surface area contributed by atoms with Crippen molar-refractivity contribution in [2.24, 2.45) is 5.92 Å². The largest absolute Gasteiger partial charge is 0.508 e. The van der Waals surface area contributed by atoms with Crippen LogP contribution in [-0.4, -0.2) is 16.3 Å². The molecule has 2 nitrogen and oxygen atoms in total. The molecule has 0 aromatic heterocycles. The van der Waals surface area contributed by atoms with E-state index in [1.54, 1.807) is 6.07 Å². The number of phenols is 1. The molecule has 0 spiro atoms. The molecule has 4 rings (SSSR count). The highest BCUT2D eigenvalue weighted by atomic mass is 16.3. The smallest absolute Gasteiger partial charge is 0.120 e. The lowest BCUT2D eigenvalue weighted by Gasteiger charge is -2.39. The van der Waals surface area contributed by atoms with Gasteiger partial charge in [0.25, 0.3) is 0 Å². The maximum atomic E-state index is 10.7. The van der Waals surface area contributed by atoms with Crippen molar-refractivity contribution in [3.63, 3.8) is 0 Å². The van der Waals surface area contributed by atoms with Crippen LogP contribution in [0.5, 0.6) is 5.75 Å². The van der Waals surface area contributed by atoms with E-state index < -0.39 is 6.10 Å². The molecule has 2 aromatic carbocycles. The third kappa shape index (κ3) is 2.14. The van der Waals surface area contributed by atoms with Crippen molar-refractivity contribution in [1.29, 1.82) is 0 Å². The van der Waals surface area contributed by atoms with Gasteiger partial charge < -0.3 is 10.2 Å². The molecule has 3 atom stereocenters. The van der Waals surface area contributed by atoms with E-state index >= 15 is 0 Å². The fraction of sp³-hybridized carbons (Fsp3) is 0.400. The molecule has 0 radical (unpaired) electrons. The molecular formula is C20H22O2. The van der Waals surface area contributed by atoms with Crippen molar-refractivity contribution < 1.29 is 10.2 Å². The number of aromatic hydroxyl groups is 1. The molecule has 22 heavy (non-hydrogen) atoms. The lowest BCUT2D eigenvalue weighted by atomic mass is 9.67. The highest BCUT2D eigenvalue weighted by Gasteiger charge is 2.37. The molecule has 2 heteroatoms. The Kier molecular flexibility index (Phi) is 3.42. The minimum Gasteiger partial charge on any atom is -0.508 e. The molecule has 2 N–H and O–H groups in total. The van der Waals surface area contributed by atoms with Crippen molar-refractivity contribution >= 4 is 10.8 Å². The second kappa shape index (κ2) is 5.44. The summed E-state index contributed by atoms with van der Waals surface area (Å²) in [6.07, 6.45) is 7.41. The van der Waals surface area contributed by atoms with E-state index in [0.717, 1.165) is 35.6 Å². The summed E-state index contributed by atoms with van der Waals surface area (Å²) >= 11 is 0. The Labute approximate surface area is 131 Å². The van der Waals surface area contributed by atoms with Crippen molar-refractivity contribution in [1.82, 2.24) is 0 Å². The van der Waals surface area contributed by atoms with E-state index in [2.05, 4.69) is 18.2 Å². The summed E-state index contributed by atoms with van der Waals surface area (Å²) < 4.78 is 0. The number of aliphatic hydroxyl groups excluding tert-OH is 1. The second-order valence-electron chi connectivity index (χ2n) is 6.67. The van der Waals surface area contributed by atoms with Crippen LogP contribution in [0.25, 0.3) is 10.8 Å². The first-order valence-electron chi connectivity index (χ1n) is 8.34. The van der Waals surface area contributed by atoms with E-state index in [-0.39, 0.29) is 5.92 Å². The highest BCUT2D eigenvalue weighted by Crippen LogP contribution is 2.49. The Hall–Kier alpha value is -1.80. The van der Waals surface area contributed by atoms with Crippen molar-refractivity contribution in [2.45, 2.75) is 44.1 Å². The topological polar surface area (TPSA) is 40.5 Å². The summed E-state index contributed by atoms with van der Waals surface area (Å²) in [5, 5.41) is 23.4. The number of rotatable bonds is 1. The van der Waals surface area contributed by atoms with E-state index in [0.29, 0.717) is 11.7 Å². The van der Waals surface area contributed by atoms with Crippen LogP contribution in [0.1, 0.15) is 43.6 Å². The van der Waals surface area contributed by atoms with Crippen LogP contribution in [0.15, 0.2) is 48.0 Å². The zero-order chi connectivity index (χ0) is 15.1. The summed E-state index contributed by atoms with van der Waals surface area (Å²) in [6.45, 7) is 0. The highest BCUT2D eigenvalue weighted by molar-refractivity contribution is 5.88. The van der Waals surface area contributed by atoms with Gasteiger partial charge in [0.15, 0.2) is 0 Å². The molecule has 3 unspecified atom stereocenters. The zero-order valence-electron chi connectivity index (χ0n) is 12.7. The first-order chi connectivity index (χ1) is 10.8. The summed E-state index contributed by atoms with van der Waals surface area (Å²) in [6, 6.07) is 11.9. The Morgan fingerprint density at radius 2 is 1.82 bits per heavy atom. The van der Waals surface area contributed by atoms with Gasteiger partial charge in [0.2, 0.25) is 0 Å². The van der Waals surface area contributed by atoms with Gasteiger partial charge in [0.1, 0.15) is 5.75 Å².